The predicted octanol–water partition coefficient (Wildman–Crippen LogP) is 5.08. The average Bonchev–Trinajstić information content (AvgIpc) is 2.20. The summed E-state index contributed by atoms with van der Waals surface area (Å²) in [7, 11) is 0. The molecule has 2 rings (SSSR count). The van der Waals surface area contributed by atoms with Gasteiger partial charge < -0.3 is 0 Å². The minimum absolute atomic E-state index is 0.674. The van der Waals surface area contributed by atoms with Gasteiger partial charge in [-0.15, -0.1) is 0 Å². The van der Waals surface area contributed by atoms with Crippen molar-refractivity contribution in [2.24, 2.45) is 0 Å². The summed E-state index contributed by atoms with van der Waals surface area (Å²) in [6.45, 7) is 4.03. The van der Waals surface area contributed by atoms with Gasteiger partial charge in [0.2, 0.25) is 0 Å². The molecule has 0 heterocycles. The smallest absolute Gasteiger partial charge is 0.0499 e. The molecule has 81 valence electrons. The van der Waals surface area contributed by atoms with Gasteiger partial charge in [0.15, 0.2) is 0 Å². The fourth-order valence-electron chi connectivity index (χ4n) is 1.76. The molecule has 0 nitrogen and oxygen atoms in total. The number of aryl methyl sites for hydroxylation is 2. The van der Waals surface area contributed by atoms with Gasteiger partial charge in [-0.1, -0.05) is 41.4 Å². The Morgan fingerprint density at radius 3 is 2.12 bits per heavy atom. The van der Waals surface area contributed by atoms with E-state index in [1.165, 1.54) is 0 Å². The predicted molar refractivity (Wildman–Crippen MR) is 70.2 cm³/mol. The summed E-state index contributed by atoms with van der Waals surface area (Å²) in [5.41, 5.74) is 4.11. The van der Waals surface area contributed by atoms with Crippen molar-refractivity contribution in [1.29, 1.82) is 0 Å². The molecule has 0 atom stereocenters. The van der Waals surface area contributed by atoms with Crippen molar-refractivity contribution < 1.29 is 0 Å². The fourth-order valence-corrected chi connectivity index (χ4v) is 2.37. The van der Waals surface area contributed by atoms with Crippen molar-refractivity contribution in [3.8, 4) is 11.1 Å². The van der Waals surface area contributed by atoms with E-state index in [2.05, 4.69) is 6.07 Å². The molecule has 0 aromatic heterocycles. The van der Waals surface area contributed by atoms with Gasteiger partial charge in [0.1, 0.15) is 0 Å². The lowest BCUT2D eigenvalue weighted by atomic mass is 9.99. The first-order valence-corrected chi connectivity index (χ1v) is 5.79. The topological polar surface area (TPSA) is 0 Å². The summed E-state index contributed by atoms with van der Waals surface area (Å²) in [6, 6.07) is 12.9. The first-order valence-electron chi connectivity index (χ1n) is 5.03. The summed E-state index contributed by atoms with van der Waals surface area (Å²) in [5.74, 6) is 0. The Morgan fingerprint density at radius 1 is 0.938 bits per heavy atom. The zero-order valence-electron chi connectivity index (χ0n) is 9.14. The third-order valence-electron chi connectivity index (χ3n) is 2.52. The zero-order valence-corrected chi connectivity index (χ0v) is 10.7. The molecule has 2 aromatic carbocycles. The van der Waals surface area contributed by atoms with E-state index in [4.69, 9.17) is 23.2 Å². The molecule has 0 amide bonds. The maximum atomic E-state index is 6.18. The van der Waals surface area contributed by atoms with Crippen LogP contribution in [0.3, 0.4) is 0 Å². The minimum Gasteiger partial charge on any atom is -0.0836 e. The SMILES string of the molecule is Cc1[c]c(C)c(-c2c(Cl)cccc2Cl)cc1. The van der Waals surface area contributed by atoms with Crippen molar-refractivity contribution in [2.45, 2.75) is 13.8 Å². The number of hydrogen-bond acceptors (Lipinski definition) is 0. The molecule has 0 fully saturated rings. The molecule has 16 heavy (non-hydrogen) atoms. The molecule has 2 heteroatoms. The van der Waals surface area contributed by atoms with Crippen molar-refractivity contribution in [1.82, 2.24) is 0 Å². The number of rotatable bonds is 1. The van der Waals surface area contributed by atoms with Crippen LogP contribution in [-0.2, 0) is 0 Å². The Hall–Kier alpha value is -0.980. The van der Waals surface area contributed by atoms with Gasteiger partial charge in [-0.2, -0.15) is 0 Å². The van der Waals surface area contributed by atoms with Crippen LogP contribution in [0.2, 0.25) is 10.0 Å². The van der Waals surface area contributed by atoms with Crippen LogP contribution in [0.25, 0.3) is 11.1 Å². The van der Waals surface area contributed by atoms with E-state index in [1.54, 1.807) is 0 Å². The molecule has 0 N–H and O–H groups in total. The van der Waals surface area contributed by atoms with Crippen LogP contribution in [-0.4, -0.2) is 0 Å². The summed E-state index contributed by atoms with van der Waals surface area (Å²) in [5, 5.41) is 1.35. The van der Waals surface area contributed by atoms with Gasteiger partial charge in [0.05, 0.1) is 0 Å². The van der Waals surface area contributed by atoms with E-state index >= 15 is 0 Å². The van der Waals surface area contributed by atoms with Crippen molar-refractivity contribution in [3.05, 3.63) is 57.6 Å². The molecule has 0 saturated heterocycles. The first-order chi connectivity index (χ1) is 7.59. The second-order valence-electron chi connectivity index (χ2n) is 3.78. The maximum absolute atomic E-state index is 6.18. The monoisotopic (exact) mass is 249 g/mol. The number of benzene rings is 2. The molecule has 0 aliphatic heterocycles. The van der Waals surface area contributed by atoms with Crippen LogP contribution in [0, 0.1) is 19.9 Å². The summed E-state index contributed by atoms with van der Waals surface area (Å²) < 4.78 is 0. The van der Waals surface area contributed by atoms with Crippen molar-refractivity contribution >= 4 is 23.2 Å². The number of halogens is 2. The Kier molecular flexibility index (Phi) is 3.22. The molecule has 0 aliphatic rings. The van der Waals surface area contributed by atoms with Crippen LogP contribution in [0.15, 0.2) is 30.3 Å². The van der Waals surface area contributed by atoms with Crippen LogP contribution in [0.1, 0.15) is 11.1 Å². The van der Waals surface area contributed by atoms with Gasteiger partial charge >= 0.3 is 0 Å². The third-order valence-corrected chi connectivity index (χ3v) is 3.15. The highest BCUT2D eigenvalue weighted by Gasteiger charge is 2.10. The quantitative estimate of drug-likeness (QED) is 0.662. The van der Waals surface area contributed by atoms with E-state index in [0.717, 1.165) is 22.3 Å². The van der Waals surface area contributed by atoms with E-state index in [1.807, 2.05) is 44.2 Å². The lowest BCUT2D eigenvalue weighted by molar-refractivity contribution is 1.37. The van der Waals surface area contributed by atoms with E-state index in [-0.39, 0.29) is 0 Å². The second-order valence-corrected chi connectivity index (χ2v) is 4.59. The number of hydrogen-bond donors (Lipinski definition) is 0. The normalized spacial score (nSPS) is 10.5. The highest BCUT2D eigenvalue weighted by Crippen LogP contribution is 2.36. The Bertz CT molecular complexity index is 510. The molecular formula is C14H11Cl2. The summed E-state index contributed by atoms with van der Waals surface area (Å²) >= 11 is 12.4. The van der Waals surface area contributed by atoms with Gasteiger partial charge in [0, 0.05) is 15.6 Å². The van der Waals surface area contributed by atoms with Crippen molar-refractivity contribution in [2.75, 3.05) is 0 Å². The van der Waals surface area contributed by atoms with Crippen LogP contribution in [0.5, 0.6) is 0 Å². The molecule has 0 spiro atoms. The first kappa shape index (κ1) is 11.5. The standard InChI is InChI=1S/C14H11Cl2/c1-9-6-7-11(10(2)8-9)14-12(15)4-3-5-13(14)16/h3-7H,1-2H3. The summed E-state index contributed by atoms with van der Waals surface area (Å²) in [6.07, 6.45) is 0. The van der Waals surface area contributed by atoms with Gasteiger partial charge in [-0.3, -0.25) is 0 Å². The molecule has 1 radical (unpaired) electrons. The Labute approximate surface area is 106 Å². The highest BCUT2D eigenvalue weighted by atomic mass is 35.5. The Balaban J connectivity index is 2.68. The van der Waals surface area contributed by atoms with Gasteiger partial charge in [0.25, 0.3) is 0 Å². The maximum Gasteiger partial charge on any atom is 0.0499 e. The fraction of sp³-hybridized carbons (Fsp3) is 0.143. The van der Waals surface area contributed by atoms with Crippen LogP contribution < -0.4 is 0 Å². The lowest BCUT2D eigenvalue weighted by Crippen LogP contribution is -1.87. The molecule has 0 aliphatic carbocycles. The molecule has 0 bridgehead atoms. The summed E-state index contributed by atoms with van der Waals surface area (Å²) in [4.78, 5) is 0. The zero-order chi connectivity index (χ0) is 11.7. The van der Waals surface area contributed by atoms with Gasteiger partial charge in [-0.25, -0.2) is 0 Å². The van der Waals surface area contributed by atoms with Crippen molar-refractivity contribution in [3.63, 3.8) is 0 Å². The van der Waals surface area contributed by atoms with Crippen LogP contribution >= 0.6 is 23.2 Å². The molecular weight excluding hydrogens is 239 g/mol. The third kappa shape index (κ3) is 2.09. The largest absolute Gasteiger partial charge is 0.0836 e. The Morgan fingerprint density at radius 2 is 1.56 bits per heavy atom. The second kappa shape index (κ2) is 4.48. The molecule has 2 aromatic rings. The molecule has 0 unspecified atom stereocenters. The van der Waals surface area contributed by atoms with E-state index < -0.39 is 0 Å². The van der Waals surface area contributed by atoms with E-state index in [0.29, 0.717) is 10.0 Å². The van der Waals surface area contributed by atoms with Gasteiger partial charge in [-0.05, 0) is 48.7 Å². The van der Waals surface area contributed by atoms with E-state index in [9.17, 15) is 0 Å². The average molecular weight is 250 g/mol. The molecule has 0 saturated carbocycles. The highest BCUT2D eigenvalue weighted by molar-refractivity contribution is 6.39. The minimum atomic E-state index is 0.674. The lowest BCUT2D eigenvalue weighted by Gasteiger charge is -2.10. The van der Waals surface area contributed by atoms with Crippen LogP contribution in [0.4, 0.5) is 0 Å².